The molecule has 0 atom stereocenters. The van der Waals surface area contributed by atoms with Crippen molar-refractivity contribution >= 4 is 17.0 Å². The molecule has 0 bridgehead atoms. The Bertz CT molecular complexity index is 621. The minimum Gasteiger partial charge on any atom is -0.494 e. The second kappa shape index (κ2) is 7.46. The van der Waals surface area contributed by atoms with E-state index in [-0.39, 0.29) is 0 Å². The van der Waals surface area contributed by atoms with Crippen LogP contribution in [0.1, 0.15) is 45.3 Å². The zero-order valence-corrected chi connectivity index (χ0v) is 14.1. The Labute approximate surface area is 130 Å². The fraction of sp³-hybridized carbons (Fsp3) is 0.471. The van der Waals surface area contributed by atoms with E-state index in [9.17, 15) is 0 Å². The van der Waals surface area contributed by atoms with Gasteiger partial charge in [-0.1, -0.05) is 13.8 Å². The van der Waals surface area contributed by atoms with E-state index in [1.807, 2.05) is 31.2 Å². The molecule has 1 aromatic carbocycles. The molecule has 0 amide bonds. The van der Waals surface area contributed by atoms with E-state index in [2.05, 4.69) is 30.7 Å². The van der Waals surface area contributed by atoms with Gasteiger partial charge in [-0.15, -0.1) is 11.3 Å². The normalized spacial score (nSPS) is 12.1. The standard InChI is InChI=1S/C17H24N2OS/c1-5-15(6-2)19-13(4)12-21-17(19)18-14-8-10-16(11-9-14)20-7-3/h8-12,15H,5-7H2,1-4H3. The lowest BCUT2D eigenvalue weighted by Gasteiger charge is -2.16. The zero-order valence-electron chi connectivity index (χ0n) is 13.3. The van der Waals surface area contributed by atoms with Gasteiger partial charge in [-0.3, -0.25) is 0 Å². The summed E-state index contributed by atoms with van der Waals surface area (Å²) in [6, 6.07) is 8.50. The number of thiazole rings is 1. The topological polar surface area (TPSA) is 26.5 Å². The number of rotatable bonds is 6. The van der Waals surface area contributed by atoms with Gasteiger partial charge in [0.15, 0.2) is 4.80 Å². The Kier molecular flexibility index (Phi) is 5.62. The van der Waals surface area contributed by atoms with E-state index in [0.29, 0.717) is 12.6 Å². The first-order valence-corrected chi connectivity index (χ1v) is 8.51. The molecular formula is C17H24N2OS. The third kappa shape index (κ3) is 3.76. The second-order valence-corrected chi connectivity index (χ2v) is 5.88. The van der Waals surface area contributed by atoms with Crippen LogP contribution in [0, 0.1) is 6.92 Å². The maximum Gasteiger partial charge on any atom is 0.190 e. The molecule has 3 nitrogen and oxygen atoms in total. The van der Waals surface area contributed by atoms with Crippen molar-refractivity contribution in [2.24, 2.45) is 4.99 Å². The van der Waals surface area contributed by atoms with Crippen molar-refractivity contribution in [1.29, 1.82) is 0 Å². The Hall–Kier alpha value is -1.55. The summed E-state index contributed by atoms with van der Waals surface area (Å²) < 4.78 is 7.83. The highest BCUT2D eigenvalue weighted by molar-refractivity contribution is 7.07. The molecule has 21 heavy (non-hydrogen) atoms. The Morgan fingerprint density at radius 3 is 2.38 bits per heavy atom. The third-order valence-electron chi connectivity index (χ3n) is 3.60. The number of nitrogens with zero attached hydrogens (tertiary/aromatic N) is 2. The van der Waals surface area contributed by atoms with Crippen molar-refractivity contribution in [3.8, 4) is 5.75 Å². The molecule has 2 rings (SSSR count). The summed E-state index contributed by atoms with van der Waals surface area (Å²) in [5, 5.41) is 2.19. The van der Waals surface area contributed by atoms with Gasteiger partial charge >= 0.3 is 0 Å². The fourth-order valence-electron chi connectivity index (χ4n) is 2.47. The van der Waals surface area contributed by atoms with Gasteiger partial charge < -0.3 is 9.30 Å². The number of aromatic nitrogens is 1. The average molecular weight is 304 g/mol. The predicted molar refractivity (Wildman–Crippen MR) is 89.5 cm³/mol. The van der Waals surface area contributed by atoms with Crippen molar-refractivity contribution in [3.05, 3.63) is 40.1 Å². The van der Waals surface area contributed by atoms with Crippen LogP contribution in [0.25, 0.3) is 0 Å². The van der Waals surface area contributed by atoms with Crippen LogP contribution in [0.15, 0.2) is 34.6 Å². The first kappa shape index (κ1) is 15.8. The van der Waals surface area contributed by atoms with E-state index >= 15 is 0 Å². The first-order chi connectivity index (χ1) is 10.2. The van der Waals surface area contributed by atoms with Crippen LogP contribution in [-0.4, -0.2) is 11.2 Å². The maximum absolute atomic E-state index is 5.47. The lowest BCUT2D eigenvalue weighted by molar-refractivity contribution is 0.340. The molecule has 0 aliphatic rings. The summed E-state index contributed by atoms with van der Waals surface area (Å²) in [6.45, 7) is 9.31. The SMILES string of the molecule is CCOc1ccc(N=c2scc(C)n2C(CC)CC)cc1. The molecule has 114 valence electrons. The van der Waals surface area contributed by atoms with Crippen molar-refractivity contribution in [2.75, 3.05) is 6.61 Å². The summed E-state index contributed by atoms with van der Waals surface area (Å²) in [5.41, 5.74) is 2.26. The molecule has 2 aromatic rings. The van der Waals surface area contributed by atoms with E-state index in [1.165, 1.54) is 5.69 Å². The summed E-state index contributed by atoms with van der Waals surface area (Å²) in [5.74, 6) is 0.895. The quantitative estimate of drug-likeness (QED) is 0.749. The van der Waals surface area contributed by atoms with Gasteiger partial charge in [-0.05, 0) is 51.0 Å². The van der Waals surface area contributed by atoms with Crippen LogP contribution >= 0.6 is 11.3 Å². The first-order valence-electron chi connectivity index (χ1n) is 7.63. The molecule has 0 unspecified atom stereocenters. The molecule has 0 saturated heterocycles. The van der Waals surface area contributed by atoms with Crippen molar-refractivity contribution in [1.82, 2.24) is 4.57 Å². The van der Waals surface area contributed by atoms with Crippen molar-refractivity contribution in [3.63, 3.8) is 0 Å². The molecule has 4 heteroatoms. The van der Waals surface area contributed by atoms with Crippen LogP contribution in [0.3, 0.4) is 0 Å². The highest BCUT2D eigenvalue weighted by Crippen LogP contribution is 2.20. The van der Waals surface area contributed by atoms with Crippen LogP contribution in [0.4, 0.5) is 5.69 Å². The Morgan fingerprint density at radius 1 is 1.14 bits per heavy atom. The molecule has 0 aliphatic heterocycles. The lowest BCUT2D eigenvalue weighted by Crippen LogP contribution is -2.21. The van der Waals surface area contributed by atoms with E-state index in [1.54, 1.807) is 11.3 Å². The minimum absolute atomic E-state index is 0.526. The number of hydrogen-bond donors (Lipinski definition) is 0. The molecule has 0 radical (unpaired) electrons. The second-order valence-electron chi connectivity index (χ2n) is 5.04. The smallest absolute Gasteiger partial charge is 0.190 e. The molecule has 0 fully saturated rings. The monoisotopic (exact) mass is 304 g/mol. The maximum atomic E-state index is 5.47. The fourth-order valence-corrected chi connectivity index (χ4v) is 3.43. The third-order valence-corrected chi connectivity index (χ3v) is 4.56. The number of benzene rings is 1. The van der Waals surface area contributed by atoms with Gasteiger partial charge in [-0.25, -0.2) is 4.99 Å². The van der Waals surface area contributed by atoms with Gasteiger partial charge in [0.1, 0.15) is 5.75 Å². The van der Waals surface area contributed by atoms with Gasteiger partial charge in [0.2, 0.25) is 0 Å². The lowest BCUT2D eigenvalue weighted by atomic mass is 10.1. The molecule has 0 N–H and O–H groups in total. The average Bonchev–Trinajstić information content (AvgIpc) is 2.85. The summed E-state index contributed by atoms with van der Waals surface area (Å²) >= 11 is 1.71. The van der Waals surface area contributed by atoms with Gasteiger partial charge in [0.25, 0.3) is 0 Å². The number of aryl methyl sites for hydroxylation is 1. The molecule has 1 heterocycles. The van der Waals surface area contributed by atoms with E-state index in [0.717, 1.165) is 29.1 Å². The summed E-state index contributed by atoms with van der Waals surface area (Å²) in [6.07, 6.45) is 2.26. The number of ether oxygens (including phenoxy) is 1. The largest absolute Gasteiger partial charge is 0.494 e. The summed E-state index contributed by atoms with van der Waals surface area (Å²) in [7, 11) is 0. The molecular weight excluding hydrogens is 280 g/mol. The van der Waals surface area contributed by atoms with Gasteiger partial charge in [0, 0.05) is 17.1 Å². The highest BCUT2D eigenvalue weighted by Gasteiger charge is 2.10. The van der Waals surface area contributed by atoms with Crippen LogP contribution in [0.2, 0.25) is 0 Å². The van der Waals surface area contributed by atoms with Gasteiger partial charge in [-0.2, -0.15) is 0 Å². The Balaban J connectivity index is 2.37. The van der Waals surface area contributed by atoms with E-state index < -0.39 is 0 Å². The predicted octanol–water partition coefficient (Wildman–Crippen LogP) is 4.85. The Morgan fingerprint density at radius 2 is 1.81 bits per heavy atom. The number of hydrogen-bond acceptors (Lipinski definition) is 3. The highest BCUT2D eigenvalue weighted by atomic mass is 32.1. The molecule has 0 saturated carbocycles. The molecule has 0 spiro atoms. The summed E-state index contributed by atoms with van der Waals surface area (Å²) in [4.78, 5) is 5.88. The van der Waals surface area contributed by atoms with Crippen LogP contribution in [-0.2, 0) is 0 Å². The minimum atomic E-state index is 0.526. The molecule has 1 aromatic heterocycles. The van der Waals surface area contributed by atoms with Crippen LogP contribution in [0.5, 0.6) is 5.75 Å². The van der Waals surface area contributed by atoms with Crippen molar-refractivity contribution in [2.45, 2.75) is 46.6 Å². The molecule has 0 aliphatic carbocycles. The van der Waals surface area contributed by atoms with Crippen LogP contribution < -0.4 is 9.54 Å². The zero-order chi connectivity index (χ0) is 15.2. The van der Waals surface area contributed by atoms with Crippen molar-refractivity contribution < 1.29 is 4.74 Å². The van der Waals surface area contributed by atoms with Gasteiger partial charge in [0.05, 0.1) is 12.3 Å². The van der Waals surface area contributed by atoms with E-state index in [4.69, 9.17) is 9.73 Å².